The van der Waals surface area contributed by atoms with Crippen molar-refractivity contribution in [3.05, 3.63) is 58.8 Å². The number of quaternary nitrogens is 1. The van der Waals surface area contributed by atoms with Crippen molar-refractivity contribution in [2.24, 2.45) is 5.10 Å². The quantitative estimate of drug-likeness (QED) is 0.799. The van der Waals surface area contributed by atoms with E-state index in [0.717, 1.165) is 28.7 Å². The largest absolute Gasteiger partial charge is 0.392 e. The summed E-state index contributed by atoms with van der Waals surface area (Å²) < 4.78 is 0.427. The van der Waals surface area contributed by atoms with E-state index in [4.69, 9.17) is 0 Å². The number of carbonyl (C=O) groups is 1. The van der Waals surface area contributed by atoms with Gasteiger partial charge in [0, 0.05) is 6.08 Å². The first-order chi connectivity index (χ1) is 12.3. The molecule has 0 bridgehead atoms. The molecule has 0 spiro atoms. The number of nitrogens with one attached hydrogen (secondary N) is 1. The van der Waals surface area contributed by atoms with Crippen LogP contribution in [-0.2, 0) is 16.9 Å². The second kappa shape index (κ2) is 6.82. The SMILES string of the molecule is CC1=C(C[N+]2(C(C)C)C=CC=N2)C(=O)NC(C)(c2cccc(CO)c2)C1. The molecule has 26 heavy (non-hydrogen) atoms. The number of benzene rings is 1. The molecule has 0 aromatic heterocycles. The highest BCUT2D eigenvalue weighted by Gasteiger charge is 2.41. The molecule has 0 aliphatic carbocycles. The average molecular weight is 354 g/mol. The zero-order valence-corrected chi connectivity index (χ0v) is 16.0. The standard InChI is InChI=1S/C21H27N3O2/c1-15(2)24(10-6-9-22-24)13-19-16(3)12-21(4,23-20(19)26)18-8-5-7-17(11-18)14-25/h5-11,15,25H,12-14H2,1-4H3/p+1. The minimum absolute atomic E-state index is 0.00331. The van der Waals surface area contributed by atoms with E-state index >= 15 is 0 Å². The van der Waals surface area contributed by atoms with Crippen LogP contribution in [0.1, 0.15) is 45.2 Å². The van der Waals surface area contributed by atoms with Crippen LogP contribution in [0.5, 0.6) is 0 Å². The summed E-state index contributed by atoms with van der Waals surface area (Å²) in [6.07, 6.45) is 6.55. The predicted octanol–water partition coefficient (Wildman–Crippen LogP) is 2.97. The van der Waals surface area contributed by atoms with Crippen molar-refractivity contribution in [3.63, 3.8) is 0 Å². The van der Waals surface area contributed by atoms with Crippen LogP contribution in [0.3, 0.4) is 0 Å². The third-order valence-electron chi connectivity index (χ3n) is 5.56. The number of aliphatic hydroxyl groups is 1. The predicted molar refractivity (Wildman–Crippen MR) is 103 cm³/mol. The number of carbonyl (C=O) groups excluding carboxylic acids is 1. The van der Waals surface area contributed by atoms with Crippen LogP contribution >= 0.6 is 0 Å². The molecule has 3 rings (SSSR count). The van der Waals surface area contributed by atoms with Gasteiger partial charge in [0.2, 0.25) is 0 Å². The summed E-state index contributed by atoms with van der Waals surface area (Å²) in [5.41, 5.74) is 3.31. The van der Waals surface area contributed by atoms with Gasteiger partial charge in [0.15, 0.2) is 0 Å². The Hall–Kier alpha value is -2.24. The van der Waals surface area contributed by atoms with Crippen molar-refractivity contribution in [2.75, 3.05) is 6.54 Å². The zero-order valence-electron chi connectivity index (χ0n) is 16.0. The molecule has 2 aliphatic heterocycles. The number of aliphatic hydroxyl groups excluding tert-OH is 1. The first-order valence-electron chi connectivity index (χ1n) is 9.12. The first-order valence-corrected chi connectivity index (χ1v) is 9.12. The van der Waals surface area contributed by atoms with Crippen LogP contribution in [0.15, 0.2) is 52.8 Å². The number of hydrogen-bond acceptors (Lipinski definition) is 3. The molecule has 0 saturated heterocycles. The maximum absolute atomic E-state index is 13.0. The van der Waals surface area contributed by atoms with Crippen molar-refractivity contribution in [2.45, 2.75) is 52.3 Å². The van der Waals surface area contributed by atoms with Crippen LogP contribution < -0.4 is 5.32 Å². The van der Waals surface area contributed by atoms with Gasteiger partial charge in [0.25, 0.3) is 5.91 Å². The molecule has 5 nitrogen and oxygen atoms in total. The van der Waals surface area contributed by atoms with E-state index in [9.17, 15) is 9.90 Å². The molecule has 1 amide bonds. The van der Waals surface area contributed by atoms with Crippen molar-refractivity contribution in [3.8, 4) is 0 Å². The van der Waals surface area contributed by atoms with E-state index in [-0.39, 0.29) is 18.6 Å². The van der Waals surface area contributed by atoms with Gasteiger partial charge in [0.1, 0.15) is 18.8 Å². The summed E-state index contributed by atoms with van der Waals surface area (Å²) in [7, 11) is 0. The second-order valence-corrected chi connectivity index (χ2v) is 7.82. The lowest BCUT2D eigenvalue weighted by atomic mass is 9.80. The van der Waals surface area contributed by atoms with Gasteiger partial charge in [-0.15, -0.1) is 0 Å². The highest BCUT2D eigenvalue weighted by atomic mass is 16.3. The Morgan fingerprint density at radius 2 is 2.15 bits per heavy atom. The molecule has 2 atom stereocenters. The highest BCUT2D eigenvalue weighted by molar-refractivity contribution is 5.96. The molecule has 0 saturated carbocycles. The summed E-state index contributed by atoms with van der Waals surface area (Å²) in [5, 5.41) is 17.2. The van der Waals surface area contributed by atoms with E-state index in [1.54, 1.807) is 6.21 Å². The Balaban J connectivity index is 1.91. The zero-order chi connectivity index (χ0) is 18.9. The third kappa shape index (κ3) is 3.24. The Morgan fingerprint density at radius 1 is 1.38 bits per heavy atom. The summed E-state index contributed by atoms with van der Waals surface area (Å²) >= 11 is 0. The fourth-order valence-electron chi connectivity index (χ4n) is 3.82. The summed E-state index contributed by atoms with van der Waals surface area (Å²) in [5.74, 6) is -0.0284. The van der Waals surface area contributed by atoms with E-state index in [1.165, 1.54) is 0 Å². The lowest BCUT2D eigenvalue weighted by molar-refractivity contribution is -0.899. The Morgan fingerprint density at radius 3 is 2.73 bits per heavy atom. The van der Waals surface area contributed by atoms with Gasteiger partial charge in [-0.3, -0.25) is 4.79 Å². The smallest absolute Gasteiger partial charge is 0.253 e. The monoisotopic (exact) mass is 354 g/mol. The molecular formula is C21H28N3O2+. The molecular weight excluding hydrogens is 326 g/mol. The Labute approximate surface area is 155 Å². The molecule has 2 aliphatic rings. The topological polar surface area (TPSA) is 61.7 Å². The van der Waals surface area contributed by atoms with Crippen molar-refractivity contribution >= 4 is 12.1 Å². The lowest BCUT2D eigenvalue weighted by Gasteiger charge is -2.39. The van der Waals surface area contributed by atoms with Crippen LogP contribution in [-0.4, -0.2) is 34.4 Å². The average Bonchev–Trinajstić information content (AvgIpc) is 3.08. The first kappa shape index (κ1) is 18.5. The normalized spacial score (nSPS) is 28.2. The molecule has 5 heteroatoms. The van der Waals surface area contributed by atoms with Crippen LogP contribution in [0.25, 0.3) is 0 Å². The van der Waals surface area contributed by atoms with Gasteiger partial charge >= 0.3 is 0 Å². The number of hydrogen-bond donors (Lipinski definition) is 2. The molecule has 2 heterocycles. The van der Waals surface area contributed by atoms with E-state index < -0.39 is 5.54 Å². The Bertz CT molecular complexity index is 795. The van der Waals surface area contributed by atoms with Gasteiger partial charge in [0.05, 0.1) is 23.9 Å². The molecule has 138 valence electrons. The third-order valence-corrected chi connectivity index (χ3v) is 5.56. The fourth-order valence-corrected chi connectivity index (χ4v) is 3.82. The second-order valence-electron chi connectivity index (χ2n) is 7.82. The number of amides is 1. The molecule has 2 unspecified atom stereocenters. The van der Waals surface area contributed by atoms with Gasteiger partial charge in [-0.25, -0.2) is 0 Å². The van der Waals surface area contributed by atoms with E-state index in [0.29, 0.717) is 11.1 Å². The van der Waals surface area contributed by atoms with Crippen molar-refractivity contribution < 1.29 is 14.5 Å². The number of rotatable bonds is 5. The highest BCUT2D eigenvalue weighted by Crippen LogP contribution is 2.35. The summed E-state index contributed by atoms with van der Waals surface area (Å²) in [4.78, 5) is 13.0. The maximum atomic E-state index is 13.0. The van der Waals surface area contributed by atoms with Crippen LogP contribution in [0.4, 0.5) is 0 Å². The number of allylic oxidation sites excluding steroid dienone is 1. The van der Waals surface area contributed by atoms with Gasteiger partial charge in [-0.2, -0.15) is 4.59 Å². The van der Waals surface area contributed by atoms with E-state index in [2.05, 4.69) is 30.5 Å². The molecule has 1 aromatic carbocycles. The van der Waals surface area contributed by atoms with Gasteiger partial charge in [-0.05, 0) is 45.2 Å². The van der Waals surface area contributed by atoms with Crippen LogP contribution in [0, 0.1) is 0 Å². The maximum Gasteiger partial charge on any atom is 0.253 e. The minimum Gasteiger partial charge on any atom is -0.392 e. The van der Waals surface area contributed by atoms with Crippen molar-refractivity contribution in [1.29, 1.82) is 0 Å². The molecule has 0 fully saturated rings. The van der Waals surface area contributed by atoms with Crippen molar-refractivity contribution in [1.82, 2.24) is 5.32 Å². The Kier molecular flexibility index (Phi) is 4.86. The minimum atomic E-state index is -0.470. The fraction of sp³-hybridized carbons (Fsp3) is 0.429. The number of nitrogens with zero attached hydrogens (tertiary/aromatic N) is 2. The summed E-state index contributed by atoms with van der Waals surface area (Å²) in [6, 6.07) is 8.05. The van der Waals surface area contributed by atoms with Gasteiger partial charge < -0.3 is 10.4 Å². The molecule has 1 aromatic rings. The van der Waals surface area contributed by atoms with Gasteiger partial charge in [-0.1, -0.05) is 34.9 Å². The van der Waals surface area contributed by atoms with Crippen LogP contribution in [0.2, 0.25) is 0 Å². The lowest BCUT2D eigenvalue weighted by Crippen LogP contribution is -2.52. The summed E-state index contributed by atoms with van der Waals surface area (Å²) in [6.45, 7) is 8.89. The van der Waals surface area contributed by atoms with E-state index in [1.807, 2.05) is 44.2 Å². The molecule has 0 radical (unpaired) electrons. The molecule has 2 N–H and O–H groups in total.